The third-order valence-electron chi connectivity index (χ3n) is 4.51. The summed E-state index contributed by atoms with van der Waals surface area (Å²) >= 11 is 0. The molecule has 2 saturated carbocycles. The Labute approximate surface area is 114 Å². The molecule has 0 aromatic heterocycles. The molecule has 0 aliphatic heterocycles. The van der Waals surface area contributed by atoms with Crippen molar-refractivity contribution < 1.29 is 9.59 Å². The first kappa shape index (κ1) is 14.3. The predicted molar refractivity (Wildman–Crippen MR) is 73.0 cm³/mol. The summed E-state index contributed by atoms with van der Waals surface area (Å²) in [6, 6.07) is 0.270. The minimum Gasteiger partial charge on any atom is -0.369 e. The van der Waals surface area contributed by atoms with Crippen molar-refractivity contribution in [3.05, 3.63) is 0 Å². The van der Waals surface area contributed by atoms with Crippen LogP contribution in [-0.2, 0) is 9.59 Å². The summed E-state index contributed by atoms with van der Waals surface area (Å²) in [7, 11) is 0. The quantitative estimate of drug-likeness (QED) is 0.700. The molecule has 0 radical (unpaired) electrons. The van der Waals surface area contributed by atoms with Crippen LogP contribution in [0.15, 0.2) is 0 Å². The van der Waals surface area contributed by atoms with E-state index in [1.807, 2.05) is 0 Å². The molecule has 2 aliphatic carbocycles. The number of carbonyl (C=O) groups excluding carboxylic acids is 2. The van der Waals surface area contributed by atoms with Crippen molar-refractivity contribution in [1.29, 1.82) is 0 Å². The number of nitrogens with one attached hydrogen (secondary N) is 1. The highest BCUT2D eigenvalue weighted by Crippen LogP contribution is 2.26. The predicted octanol–water partition coefficient (Wildman–Crippen LogP) is 0.664. The molecule has 2 rings (SSSR count). The van der Waals surface area contributed by atoms with Gasteiger partial charge in [-0.05, 0) is 38.5 Å². The molecule has 2 fully saturated rings. The average Bonchev–Trinajstić information content (AvgIpc) is 2.39. The van der Waals surface area contributed by atoms with Crippen molar-refractivity contribution in [3.63, 3.8) is 0 Å². The van der Waals surface area contributed by atoms with Crippen LogP contribution in [0, 0.1) is 11.8 Å². The maximum atomic E-state index is 12.2. The largest absolute Gasteiger partial charge is 0.369 e. The maximum Gasteiger partial charge on any atom is 0.223 e. The Morgan fingerprint density at radius 3 is 2.32 bits per heavy atom. The Hall–Kier alpha value is -1.10. The number of rotatable bonds is 3. The highest BCUT2D eigenvalue weighted by molar-refractivity contribution is 5.79. The number of primary amides is 1. The van der Waals surface area contributed by atoms with Crippen molar-refractivity contribution >= 4 is 11.8 Å². The Balaban J connectivity index is 1.82. The fourth-order valence-electron chi connectivity index (χ4n) is 3.36. The Kier molecular flexibility index (Phi) is 4.80. The molecule has 108 valence electrons. The maximum absolute atomic E-state index is 12.2. The van der Waals surface area contributed by atoms with Gasteiger partial charge in [-0.3, -0.25) is 9.59 Å². The lowest BCUT2D eigenvalue weighted by Crippen LogP contribution is -2.45. The van der Waals surface area contributed by atoms with Crippen LogP contribution in [0.5, 0.6) is 0 Å². The molecule has 5 heteroatoms. The molecule has 0 heterocycles. The van der Waals surface area contributed by atoms with Gasteiger partial charge in [0, 0.05) is 23.9 Å². The standard InChI is InChI=1S/C14H25N3O2/c15-11-5-1-4-10(7-11)14(19)17-12-6-2-3-9(8-12)13(16)18/h9-12H,1-8,15H2,(H2,16,18)(H,17,19). The third-order valence-corrected chi connectivity index (χ3v) is 4.51. The smallest absolute Gasteiger partial charge is 0.223 e. The molecular weight excluding hydrogens is 242 g/mol. The van der Waals surface area contributed by atoms with Gasteiger partial charge in [-0.15, -0.1) is 0 Å². The monoisotopic (exact) mass is 267 g/mol. The second kappa shape index (κ2) is 6.37. The van der Waals surface area contributed by atoms with Crippen molar-refractivity contribution in [2.75, 3.05) is 0 Å². The topological polar surface area (TPSA) is 98.2 Å². The van der Waals surface area contributed by atoms with Crippen molar-refractivity contribution in [1.82, 2.24) is 5.32 Å². The van der Waals surface area contributed by atoms with Crippen LogP contribution >= 0.6 is 0 Å². The van der Waals surface area contributed by atoms with Crippen LogP contribution < -0.4 is 16.8 Å². The molecule has 0 spiro atoms. The molecule has 0 aromatic rings. The zero-order valence-electron chi connectivity index (χ0n) is 11.4. The lowest BCUT2D eigenvalue weighted by Gasteiger charge is -2.31. The van der Waals surface area contributed by atoms with Gasteiger partial charge in [-0.2, -0.15) is 0 Å². The van der Waals surface area contributed by atoms with Crippen LogP contribution in [-0.4, -0.2) is 23.9 Å². The Bertz CT molecular complexity index is 346. The lowest BCUT2D eigenvalue weighted by molar-refractivity contribution is -0.128. The molecule has 0 aromatic carbocycles. The fourth-order valence-corrected chi connectivity index (χ4v) is 3.36. The van der Waals surface area contributed by atoms with Crippen LogP contribution in [0.4, 0.5) is 0 Å². The zero-order valence-corrected chi connectivity index (χ0v) is 11.4. The van der Waals surface area contributed by atoms with Crippen LogP contribution in [0.2, 0.25) is 0 Å². The van der Waals surface area contributed by atoms with Gasteiger partial charge in [0.1, 0.15) is 0 Å². The Morgan fingerprint density at radius 2 is 1.63 bits per heavy atom. The summed E-state index contributed by atoms with van der Waals surface area (Å²) in [5, 5.41) is 3.09. The van der Waals surface area contributed by atoms with Gasteiger partial charge >= 0.3 is 0 Å². The van der Waals surface area contributed by atoms with Crippen LogP contribution in [0.25, 0.3) is 0 Å². The van der Waals surface area contributed by atoms with Crippen molar-refractivity contribution in [2.24, 2.45) is 23.3 Å². The molecule has 2 amide bonds. The molecule has 5 nitrogen and oxygen atoms in total. The molecule has 0 saturated heterocycles. The van der Waals surface area contributed by atoms with E-state index >= 15 is 0 Å². The summed E-state index contributed by atoms with van der Waals surface area (Å²) in [4.78, 5) is 23.4. The van der Waals surface area contributed by atoms with E-state index in [1.54, 1.807) is 0 Å². The van der Waals surface area contributed by atoms with Crippen molar-refractivity contribution in [3.8, 4) is 0 Å². The fraction of sp³-hybridized carbons (Fsp3) is 0.857. The van der Waals surface area contributed by atoms with E-state index in [4.69, 9.17) is 11.5 Å². The van der Waals surface area contributed by atoms with E-state index in [0.29, 0.717) is 6.42 Å². The molecule has 2 aliphatic rings. The highest BCUT2D eigenvalue weighted by atomic mass is 16.2. The molecule has 4 atom stereocenters. The summed E-state index contributed by atoms with van der Waals surface area (Å²) in [6.07, 6.45) is 7.25. The van der Waals surface area contributed by atoms with Gasteiger partial charge < -0.3 is 16.8 Å². The van der Waals surface area contributed by atoms with Gasteiger partial charge in [0.25, 0.3) is 0 Å². The molecule has 5 N–H and O–H groups in total. The molecule has 4 unspecified atom stereocenters. The van der Waals surface area contributed by atoms with Crippen LogP contribution in [0.1, 0.15) is 51.4 Å². The van der Waals surface area contributed by atoms with Gasteiger partial charge in [-0.25, -0.2) is 0 Å². The second-order valence-electron chi connectivity index (χ2n) is 6.10. The highest BCUT2D eigenvalue weighted by Gasteiger charge is 2.30. The van der Waals surface area contributed by atoms with E-state index in [-0.39, 0.29) is 35.7 Å². The third kappa shape index (κ3) is 3.93. The van der Waals surface area contributed by atoms with Crippen LogP contribution in [0.3, 0.4) is 0 Å². The molecular formula is C14H25N3O2. The van der Waals surface area contributed by atoms with Gasteiger partial charge in [0.15, 0.2) is 0 Å². The SMILES string of the molecule is NC(=O)C1CCCC(NC(=O)C2CCCC(N)C2)C1. The van der Waals surface area contributed by atoms with Gasteiger partial charge in [-0.1, -0.05) is 12.8 Å². The molecule has 0 bridgehead atoms. The van der Waals surface area contributed by atoms with Crippen molar-refractivity contribution in [2.45, 2.75) is 63.5 Å². The number of amides is 2. The number of hydrogen-bond donors (Lipinski definition) is 3. The Morgan fingerprint density at radius 1 is 0.947 bits per heavy atom. The average molecular weight is 267 g/mol. The summed E-state index contributed by atoms with van der Waals surface area (Å²) < 4.78 is 0. The normalized spacial score (nSPS) is 35.6. The second-order valence-corrected chi connectivity index (χ2v) is 6.10. The lowest BCUT2D eigenvalue weighted by atomic mass is 9.83. The van der Waals surface area contributed by atoms with Gasteiger partial charge in [0.2, 0.25) is 11.8 Å². The minimum atomic E-state index is -0.237. The molecule has 19 heavy (non-hydrogen) atoms. The van der Waals surface area contributed by atoms with Gasteiger partial charge in [0.05, 0.1) is 0 Å². The summed E-state index contributed by atoms with van der Waals surface area (Å²) in [5.74, 6) is -0.144. The zero-order chi connectivity index (χ0) is 13.8. The first-order chi connectivity index (χ1) is 9.06. The summed E-state index contributed by atoms with van der Waals surface area (Å²) in [5.41, 5.74) is 11.3. The van der Waals surface area contributed by atoms with E-state index < -0.39 is 0 Å². The first-order valence-electron chi connectivity index (χ1n) is 7.41. The number of carbonyl (C=O) groups is 2. The number of hydrogen-bond acceptors (Lipinski definition) is 3. The van der Waals surface area contributed by atoms with E-state index in [1.165, 1.54) is 0 Å². The van der Waals surface area contributed by atoms with E-state index in [2.05, 4.69) is 5.32 Å². The first-order valence-corrected chi connectivity index (χ1v) is 7.41. The van der Waals surface area contributed by atoms with E-state index in [9.17, 15) is 9.59 Å². The summed E-state index contributed by atoms with van der Waals surface area (Å²) in [6.45, 7) is 0. The van der Waals surface area contributed by atoms with E-state index in [0.717, 1.165) is 44.9 Å². The number of nitrogens with two attached hydrogens (primary N) is 2. The minimum absolute atomic E-state index is 0.0534.